The van der Waals surface area contributed by atoms with Gasteiger partial charge in [-0.3, -0.25) is 16.3 Å². The highest BCUT2D eigenvalue weighted by Crippen LogP contribution is 2.28. The molecule has 0 aliphatic carbocycles. The molecule has 1 atom stereocenters. The maximum absolute atomic E-state index is 5.55. The lowest BCUT2D eigenvalue weighted by molar-refractivity contribution is 0.563. The fraction of sp³-hybridized carbons (Fsp3) is 0.222. The molecule has 15 heavy (non-hydrogen) atoms. The van der Waals surface area contributed by atoms with Gasteiger partial charge in [0.2, 0.25) is 0 Å². The summed E-state index contributed by atoms with van der Waals surface area (Å²) in [6.45, 7) is 0. The lowest BCUT2D eigenvalue weighted by atomic mass is 10.2. The minimum Gasteiger partial charge on any atom is -0.271 e. The Morgan fingerprint density at radius 2 is 2.40 bits per heavy atom. The van der Waals surface area contributed by atoms with Crippen LogP contribution >= 0.6 is 38.6 Å². The number of hydrazine groups is 1. The second-order valence-electron chi connectivity index (χ2n) is 3.02. The maximum Gasteiger partial charge on any atom is 0.0794 e. The van der Waals surface area contributed by atoms with E-state index in [1.54, 1.807) is 22.7 Å². The van der Waals surface area contributed by atoms with E-state index in [2.05, 4.69) is 37.8 Å². The SMILES string of the molecule is NNC(Cc1sccc1Br)c1cncs1. The minimum absolute atomic E-state index is 0.146. The smallest absolute Gasteiger partial charge is 0.0794 e. The highest BCUT2D eigenvalue weighted by atomic mass is 79.9. The molecule has 2 aromatic heterocycles. The molecule has 2 heterocycles. The molecule has 0 aliphatic rings. The van der Waals surface area contributed by atoms with E-state index in [9.17, 15) is 0 Å². The summed E-state index contributed by atoms with van der Waals surface area (Å²) in [5.41, 5.74) is 4.65. The summed E-state index contributed by atoms with van der Waals surface area (Å²) >= 11 is 6.87. The Kier molecular flexibility index (Phi) is 3.87. The first kappa shape index (κ1) is 11.2. The number of halogens is 1. The highest BCUT2D eigenvalue weighted by Gasteiger charge is 2.14. The van der Waals surface area contributed by atoms with Crippen molar-refractivity contribution in [3.05, 3.63) is 37.4 Å². The first-order valence-corrected chi connectivity index (χ1v) is 6.93. The minimum atomic E-state index is 0.146. The lowest BCUT2D eigenvalue weighted by Gasteiger charge is -2.12. The molecule has 80 valence electrons. The third-order valence-corrected chi connectivity index (χ3v) is 4.91. The van der Waals surface area contributed by atoms with E-state index in [0.717, 1.165) is 15.8 Å². The number of hydrogen-bond acceptors (Lipinski definition) is 5. The molecule has 3 nitrogen and oxygen atoms in total. The summed E-state index contributed by atoms with van der Waals surface area (Å²) in [7, 11) is 0. The third-order valence-electron chi connectivity index (χ3n) is 2.08. The normalized spacial score (nSPS) is 12.9. The fourth-order valence-corrected chi connectivity index (χ4v) is 3.54. The molecule has 0 spiro atoms. The molecule has 0 fully saturated rings. The number of thiazole rings is 1. The summed E-state index contributed by atoms with van der Waals surface area (Å²) in [5.74, 6) is 5.55. The molecule has 0 amide bonds. The van der Waals surface area contributed by atoms with Gasteiger partial charge >= 0.3 is 0 Å². The van der Waals surface area contributed by atoms with E-state index in [1.165, 1.54) is 4.88 Å². The molecule has 0 aliphatic heterocycles. The van der Waals surface area contributed by atoms with Crippen molar-refractivity contribution in [3.8, 4) is 0 Å². The number of thiophene rings is 1. The number of nitrogens with zero attached hydrogens (tertiary/aromatic N) is 1. The number of rotatable bonds is 4. The van der Waals surface area contributed by atoms with Crippen molar-refractivity contribution in [3.63, 3.8) is 0 Å². The second kappa shape index (κ2) is 5.18. The summed E-state index contributed by atoms with van der Waals surface area (Å²) in [5, 5.41) is 2.07. The van der Waals surface area contributed by atoms with Gasteiger partial charge in [0.05, 0.1) is 11.6 Å². The van der Waals surface area contributed by atoms with Gasteiger partial charge in [0, 0.05) is 26.8 Å². The van der Waals surface area contributed by atoms with Crippen LogP contribution < -0.4 is 11.3 Å². The predicted molar refractivity (Wildman–Crippen MR) is 67.9 cm³/mol. The Hall–Kier alpha value is -0.270. The van der Waals surface area contributed by atoms with Crippen molar-refractivity contribution >= 4 is 38.6 Å². The van der Waals surface area contributed by atoms with Gasteiger partial charge in [0.1, 0.15) is 0 Å². The Balaban J connectivity index is 2.13. The number of hydrogen-bond donors (Lipinski definition) is 2. The van der Waals surface area contributed by atoms with E-state index in [4.69, 9.17) is 5.84 Å². The molecule has 3 N–H and O–H groups in total. The van der Waals surface area contributed by atoms with Crippen molar-refractivity contribution in [2.75, 3.05) is 0 Å². The maximum atomic E-state index is 5.55. The zero-order valence-corrected chi connectivity index (χ0v) is 11.0. The molecule has 6 heteroatoms. The van der Waals surface area contributed by atoms with Crippen molar-refractivity contribution < 1.29 is 0 Å². The van der Waals surface area contributed by atoms with Gasteiger partial charge in [-0.15, -0.1) is 22.7 Å². The fourth-order valence-electron chi connectivity index (χ4n) is 1.30. The van der Waals surface area contributed by atoms with Crippen LogP contribution in [0.1, 0.15) is 15.8 Å². The largest absolute Gasteiger partial charge is 0.271 e. The van der Waals surface area contributed by atoms with Crippen LogP contribution in [0.3, 0.4) is 0 Å². The molecule has 0 bridgehead atoms. The van der Waals surface area contributed by atoms with Gasteiger partial charge in [0.25, 0.3) is 0 Å². The quantitative estimate of drug-likeness (QED) is 0.674. The topological polar surface area (TPSA) is 50.9 Å². The average Bonchev–Trinajstić information content (AvgIpc) is 2.86. The van der Waals surface area contributed by atoms with Crippen LogP contribution in [0.15, 0.2) is 27.6 Å². The first-order valence-electron chi connectivity index (χ1n) is 4.37. The molecular formula is C9H10BrN3S2. The average molecular weight is 304 g/mol. The summed E-state index contributed by atoms with van der Waals surface area (Å²) in [4.78, 5) is 6.52. The summed E-state index contributed by atoms with van der Waals surface area (Å²) < 4.78 is 1.15. The van der Waals surface area contributed by atoms with Crippen LogP contribution in [0.2, 0.25) is 0 Å². The van der Waals surface area contributed by atoms with Crippen molar-refractivity contribution in [2.24, 2.45) is 5.84 Å². The number of aromatic nitrogens is 1. The third kappa shape index (κ3) is 2.64. The zero-order chi connectivity index (χ0) is 10.7. The van der Waals surface area contributed by atoms with Crippen molar-refractivity contribution in [1.82, 2.24) is 10.4 Å². The Labute approximate surface area is 104 Å². The van der Waals surface area contributed by atoms with Crippen molar-refractivity contribution in [2.45, 2.75) is 12.5 Å². The van der Waals surface area contributed by atoms with E-state index in [-0.39, 0.29) is 6.04 Å². The van der Waals surface area contributed by atoms with E-state index < -0.39 is 0 Å². The van der Waals surface area contributed by atoms with Gasteiger partial charge in [-0.1, -0.05) is 0 Å². The molecule has 1 unspecified atom stereocenters. The Morgan fingerprint density at radius 3 is 2.93 bits per heavy atom. The zero-order valence-electron chi connectivity index (χ0n) is 7.81. The molecule has 2 aromatic rings. The monoisotopic (exact) mass is 303 g/mol. The molecule has 0 radical (unpaired) electrons. The molecular weight excluding hydrogens is 294 g/mol. The van der Waals surface area contributed by atoms with Crippen LogP contribution in [-0.4, -0.2) is 4.98 Å². The Morgan fingerprint density at radius 1 is 1.53 bits per heavy atom. The van der Waals surface area contributed by atoms with E-state index in [0.29, 0.717) is 0 Å². The first-order chi connectivity index (χ1) is 7.31. The van der Waals surface area contributed by atoms with Gasteiger partial charge in [-0.25, -0.2) is 0 Å². The van der Waals surface area contributed by atoms with E-state index in [1.807, 2.05) is 11.7 Å². The van der Waals surface area contributed by atoms with Crippen LogP contribution in [0.25, 0.3) is 0 Å². The molecule has 0 saturated heterocycles. The van der Waals surface area contributed by atoms with Gasteiger partial charge in [-0.05, 0) is 27.4 Å². The number of nitrogens with two attached hydrogens (primary N) is 1. The predicted octanol–water partition coefficient (Wildman–Crippen LogP) is 2.71. The highest BCUT2D eigenvalue weighted by molar-refractivity contribution is 9.10. The van der Waals surface area contributed by atoms with Crippen LogP contribution in [0.4, 0.5) is 0 Å². The van der Waals surface area contributed by atoms with E-state index >= 15 is 0 Å². The van der Waals surface area contributed by atoms with Gasteiger partial charge < -0.3 is 0 Å². The molecule has 2 rings (SSSR count). The molecule has 0 aromatic carbocycles. The van der Waals surface area contributed by atoms with Gasteiger partial charge in [0.15, 0.2) is 0 Å². The van der Waals surface area contributed by atoms with Crippen LogP contribution in [-0.2, 0) is 6.42 Å². The van der Waals surface area contributed by atoms with Crippen LogP contribution in [0.5, 0.6) is 0 Å². The molecule has 0 saturated carbocycles. The Bertz CT molecular complexity index is 413. The van der Waals surface area contributed by atoms with Gasteiger partial charge in [-0.2, -0.15) is 0 Å². The second-order valence-corrected chi connectivity index (χ2v) is 5.79. The lowest BCUT2D eigenvalue weighted by Crippen LogP contribution is -2.28. The standard InChI is InChI=1S/C9H10BrN3S2/c10-6-1-2-14-8(6)3-7(13-11)9-4-12-5-15-9/h1-2,4-5,7,13H,3,11H2. The summed E-state index contributed by atoms with van der Waals surface area (Å²) in [6, 6.07) is 2.20. The van der Waals surface area contributed by atoms with Crippen molar-refractivity contribution in [1.29, 1.82) is 0 Å². The number of nitrogens with one attached hydrogen (secondary N) is 1. The van der Waals surface area contributed by atoms with Crippen LogP contribution in [0, 0.1) is 0 Å². The summed E-state index contributed by atoms with van der Waals surface area (Å²) in [6.07, 6.45) is 2.74.